The van der Waals surface area contributed by atoms with Crippen LogP contribution < -0.4 is 0 Å². The van der Waals surface area contributed by atoms with Crippen LogP contribution in [0.15, 0.2) is 36.5 Å². The largest absolute Gasteiger partial charge is 0.435 e. The van der Waals surface area contributed by atoms with E-state index >= 15 is 0 Å². The van der Waals surface area contributed by atoms with E-state index in [9.17, 15) is 18.0 Å². The molecule has 0 spiro atoms. The van der Waals surface area contributed by atoms with E-state index in [2.05, 4.69) is 5.10 Å². The van der Waals surface area contributed by atoms with Crippen LogP contribution in [-0.2, 0) is 6.18 Å². The minimum Gasteiger partial charge on any atom is -0.333 e. The molecule has 4 nitrogen and oxygen atoms in total. The fourth-order valence-corrected chi connectivity index (χ4v) is 3.01. The second kappa shape index (κ2) is 6.54. The summed E-state index contributed by atoms with van der Waals surface area (Å²) in [5.41, 5.74) is 0.0722. The Balaban J connectivity index is 1.79. The summed E-state index contributed by atoms with van der Waals surface area (Å²) in [5.74, 6) is -0.0392. The smallest absolute Gasteiger partial charge is 0.333 e. The number of aromatic nitrogens is 2. The molecule has 7 heteroatoms. The summed E-state index contributed by atoms with van der Waals surface area (Å²) in [6.07, 6.45) is -0.0257. The first-order chi connectivity index (χ1) is 11.8. The number of hydrogen-bond donors (Lipinski definition) is 0. The SMILES string of the molecule is CC(C)N(C(=O)c1ccc(-n2ccc(C(F)(F)F)n2)cc1)C1CCC1. The van der Waals surface area contributed by atoms with Gasteiger partial charge in [0.05, 0.1) is 5.69 Å². The molecule has 1 aliphatic carbocycles. The Morgan fingerprint density at radius 1 is 1.20 bits per heavy atom. The first-order valence-corrected chi connectivity index (χ1v) is 8.33. The van der Waals surface area contributed by atoms with Crippen molar-refractivity contribution < 1.29 is 18.0 Å². The molecule has 2 aromatic rings. The van der Waals surface area contributed by atoms with Gasteiger partial charge >= 0.3 is 6.18 Å². The van der Waals surface area contributed by atoms with Gasteiger partial charge in [-0.15, -0.1) is 0 Å². The van der Waals surface area contributed by atoms with E-state index in [-0.39, 0.29) is 18.0 Å². The summed E-state index contributed by atoms with van der Waals surface area (Å²) in [5, 5.41) is 3.54. The zero-order valence-corrected chi connectivity index (χ0v) is 14.1. The van der Waals surface area contributed by atoms with Crippen LogP contribution >= 0.6 is 0 Å². The van der Waals surface area contributed by atoms with E-state index in [1.165, 1.54) is 6.20 Å². The van der Waals surface area contributed by atoms with Crippen LogP contribution in [0.3, 0.4) is 0 Å². The molecule has 0 atom stereocenters. The summed E-state index contributed by atoms with van der Waals surface area (Å²) in [4.78, 5) is 14.7. The van der Waals surface area contributed by atoms with Crippen molar-refractivity contribution in [1.29, 1.82) is 0 Å². The molecular weight excluding hydrogens is 331 g/mol. The Hall–Kier alpha value is -2.31. The number of benzene rings is 1. The lowest BCUT2D eigenvalue weighted by atomic mass is 9.90. The molecule has 1 heterocycles. The van der Waals surface area contributed by atoms with Gasteiger partial charge in [0, 0.05) is 23.8 Å². The van der Waals surface area contributed by atoms with Gasteiger partial charge in [-0.25, -0.2) is 4.68 Å². The van der Waals surface area contributed by atoms with E-state index in [0.717, 1.165) is 30.0 Å². The summed E-state index contributed by atoms with van der Waals surface area (Å²) >= 11 is 0. The molecule has 134 valence electrons. The summed E-state index contributed by atoms with van der Waals surface area (Å²) in [6.45, 7) is 3.99. The number of amides is 1. The maximum Gasteiger partial charge on any atom is 0.435 e. The van der Waals surface area contributed by atoms with Crippen molar-refractivity contribution in [2.45, 2.75) is 51.4 Å². The van der Waals surface area contributed by atoms with Crippen molar-refractivity contribution in [2.75, 3.05) is 0 Å². The monoisotopic (exact) mass is 351 g/mol. The number of carbonyl (C=O) groups excluding carboxylic acids is 1. The lowest BCUT2D eigenvalue weighted by Crippen LogP contribution is -2.48. The number of halogens is 3. The number of hydrogen-bond acceptors (Lipinski definition) is 2. The van der Waals surface area contributed by atoms with Crippen LogP contribution in [0.2, 0.25) is 0 Å². The number of rotatable bonds is 4. The topological polar surface area (TPSA) is 38.1 Å². The molecule has 1 aromatic carbocycles. The third-order valence-corrected chi connectivity index (χ3v) is 4.52. The lowest BCUT2D eigenvalue weighted by molar-refractivity contribution is -0.141. The minimum atomic E-state index is -4.47. The van der Waals surface area contributed by atoms with E-state index in [4.69, 9.17) is 0 Å². The zero-order chi connectivity index (χ0) is 18.2. The Morgan fingerprint density at radius 2 is 1.84 bits per heavy atom. The Bertz CT molecular complexity index is 746. The Kier molecular flexibility index (Phi) is 4.58. The van der Waals surface area contributed by atoms with Crippen LogP contribution in [0, 0.1) is 0 Å². The van der Waals surface area contributed by atoms with Gasteiger partial charge < -0.3 is 4.90 Å². The third-order valence-electron chi connectivity index (χ3n) is 4.52. The first-order valence-electron chi connectivity index (χ1n) is 8.33. The van der Waals surface area contributed by atoms with Gasteiger partial charge in [-0.2, -0.15) is 18.3 Å². The standard InChI is InChI=1S/C18H20F3N3O/c1-12(2)24(15-4-3-5-15)17(25)13-6-8-14(9-7-13)23-11-10-16(22-23)18(19,20)21/h6-12,15H,3-5H2,1-2H3. The summed E-state index contributed by atoms with van der Waals surface area (Å²) in [6, 6.07) is 7.82. The molecule has 1 saturated carbocycles. The fraction of sp³-hybridized carbons (Fsp3) is 0.444. The average molecular weight is 351 g/mol. The average Bonchev–Trinajstić information content (AvgIpc) is 3.00. The van der Waals surface area contributed by atoms with Crippen molar-refractivity contribution in [3.8, 4) is 5.69 Å². The van der Waals surface area contributed by atoms with Crippen molar-refractivity contribution in [1.82, 2.24) is 14.7 Å². The maximum atomic E-state index is 12.8. The summed E-state index contributed by atoms with van der Waals surface area (Å²) in [7, 11) is 0. The van der Waals surface area contributed by atoms with Gasteiger partial charge in [0.15, 0.2) is 5.69 Å². The van der Waals surface area contributed by atoms with Crippen LogP contribution in [-0.4, -0.2) is 32.7 Å². The molecule has 3 rings (SSSR count). The van der Waals surface area contributed by atoms with Gasteiger partial charge in [0.2, 0.25) is 0 Å². The van der Waals surface area contributed by atoms with Gasteiger partial charge in [-0.3, -0.25) is 4.79 Å². The molecule has 0 radical (unpaired) electrons. The van der Waals surface area contributed by atoms with Gasteiger partial charge in [-0.1, -0.05) is 0 Å². The highest BCUT2D eigenvalue weighted by molar-refractivity contribution is 5.94. The number of nitrogens with zero attached hydrogens (tertiary/aromatic N) is 3. The van der Waals surface area contributed by atoms with Crippen molar-refractivity contribution in [3.63, 3.8) is 0 Å². The minimum absolute atomic E-state index is 0.0392. The predicted octanol–water partition coefficient (Wildman–Crippen LogP) is 4.29. The second-order valence-corrected chi connectivity index (χ2v) is 6.58. The highest BCUT2D eigenvalue weighted by atomic mass is 19.4. The van der Waals surface area contributed by atoms with Crippen LogP contribution in [0.1, 0.15) is 49.2 Å². The van der Waals surface area contributed by atoms with Gasteiger partial charge in [-0.05, 0) is 63.4 Å². The third kappa shape index (κ3) is 3.55. The quantitative estimate of drug-likeness (QED) is 0.824. The van der Waals surface area contributed by atoms with Crippen LogP contribution in [0.4, 0.5) is 13.2 Å². The van der Waals surface area contributed by atoms with Crippen molar-refractivity contribution in [3.05, 3.63) is 47.8 Å². The molecule has 1 amide bonds. The number of carbonyl (C=O) groups is 1. The molecule has 1 aromatic heterocycles. The van der Waals surface area contributed by atoms with E-state index in [1.807, 2.05) is 18.7 Å². The lowest BCUT2D eigenvalue weighted by Gasteiger charge is -2.40. The summed E-state index contributed by atoms with van der Waals surface area (Å²) < 4.78 is 39.1. The number of alkyl halides is 3. The molecule has 1 fully saturated rings. The molecule has 25 heavy (non-hydrogen) atoms. The zero-order valence-electron chi connectivity index (χ0n) is 14.1. The molecule has 0 N–H and O–H groups in total. The van der Waals surface area contributed by atoms with Gasteiger partial charge in [0.1, 0.15) is 0 Å². The van der Waals surface area contributed by atoms with E-state index in [0.29, 0.717) is 11.3 Å². The molecule has 0 aliphatic heterocycles. The van der Waals surface area contributed by atoms with E-state index < -0.39 is 11.9 Å². The highest BCUT2D eigenvalue weighted by Crippen LogP contribution is 2.29. The van der Waals surface area contributed by atoms with Crippen LogP contribution in [0.5, 0.6) is 0 Å². The molecule has 1 aliphatic rings. The molecule has 0 unspecified atom stereocenters. The maximum absolute atomic E-state index is 12.8. The van der Waals surface area contributed by atoms with Gasteiger partial charge in [0.25, 0.3) is 5.91 Å². The first kappa shape index (κ1) is 17.5. The Labute approximate surface area is 144 Å². The van der Waals surface area contributed by atoms with Crippen molar-refractivity contribution >= 4 is 5.91 Å². The molecule has 0 saturated heterocycles. The second-order valence-electron chi connectivity index (χ2n) is 6.58. The van der Waals surface area contributed by atoms with E-state index in [1.54, 1.807) is 24.3 Å². The fourth-order valence-electron chi connectivity index (χ4n) is 3.01. The normalized spacial score (nSPS) is 15.3. The highest BCUT2D eigenvalue weighted by Gasteiger charge is 2.34. The van der Waals surface area contributed by atoms with Crippen molar-refractivity contribution in [2.24, 2.45) is 0 Å². The predicted molar refractivity (Wildman–Crippen MR) is 87.5 cm³/mol. The molecular formula is C18H20F3N3O. The van der Waals surface area contributed by atoms with Crippen LogP contribution in [0.25, 0.3) is 5.69 Å². The Morgan fingerprint density at radius 3 is 2.28 bits per heavy atom. The molecule has 0 bridgehead atoms.